The number of ether oxygens (including phenoxy) is 1. The molecule has 0 saturated heterocycles. The molecule has 3 N–H and O–H groups in total. The summed E-state index contributed by atoms with van der Waals surface area (Å²) in [5, 5.41) is 16.1. The van der Waals surface area contributed by atoms with Crippen molar-refractivity contribution in [1.29, 1.82) is 0 Å². The predicted molar refractivity (Wildman–Crippen MR) is 77.3 cm³/mol. The molecule has 2 aromatic rings. The molecule has 116 valence electrons. The quantitative estimate of drug-likeness (QED) is 0.693. The third-order valence-electron chi connectivity index (χ3n) is 4.24. The standard InChI is InChI=1S/C15H17N3O4/c1-15(21)6-9-11(13(19)18-17-9)10(12(15)14(20)22-2)8-4-3-5-16-7-8/h3-5,7,10,12,21H,6H2,1-2H3,(H2,17,18,19)/t10-,12-,15+/m1/s1. The number of aromatic nitrogens is 3. The maximum atomic E-state index is 12.3. The van der Waals surface area contributed by atoms with E-state index in [-0.39, 0.29) is 12.0 Å². The number of nitrogens with zero attached hydrogens (tertiary/aromatic N) is 1. The van der Waals surface area contributed by atoms with Gasteiger partial charge in [-0.1, -0.05) is 6.07 Å². The lowest BCUT2D eigenvalue weighted by Crippen LogP contribution is -2.49. The Labute approximate surface area is 126 Å². The van der Waals surface area contributed by atoms with Gasteiger partial charge in [0.05, 0.1) is 18.6 Å². The van der Waals surface area contributed by atoms with Gasteiger partial charge >= 0.3 is 5.97 Å². The number of fused-ring (bicyclic) bond motifs is 1. The average molecular weight is 303 g/mol. The molecular formula is C15H17N3O4. The first-order chi connectivity index (χ1) is 10.5. The Morgan fingerprint density at radius 2 is 2.27 bits per heavy atom. The molecule has 0 amide bonds. The van der Waals surface area contributed by atoms with Crippen molar-refractivity contribution in [2.24, 2.45) is 5.92 Å². The second kappa shape index (κ2) is 5.10. The van der Waals surface area contributed by atoms with Crippen LogP contribution in [0, 0.1) is 5.92 Å². The van der Waals surface area contributed by atoms with Gasteiger partial charge in [-0.15, -0.1) is 0 Å². The number of carbonyl (C=O) groups is 1. The normalized spacial score (nSPS) is 27.2. The summed E-state index contributed by atoms with van der Waals surface area (Å²) < 4.78 is 4.87. The summed E-state index contributed by atoms with van der Waals surface area (Å²) in [5.41, 5.74) is 0.0996. The fourth-order valence-corrected chi connectivity index (χ4v) is 3.30. The summed E-state index contributed by atoms with van der Waals surface area (Å²) in [6, 6.07) is 3.51. The summed E-state index contributed by atoms with van der Waals surface area (Å²) in [6.45, 7) is 1.58. The van der Waals surface area contributed by atoms with E-state index in [1.165, 1.54) is 7.11 Å². The molecular weight excluding hydrogens is 286 g/mol. The molecule has 22 heavy (non-hydrogen) atoms. The minimum atomic E-state index is -1.34. The second-order valence-corrected chi connectivity index (χ2v) is 5.77. The lowest BCUT2D eigenvalue weighted by molar-refractivity contribution is -0.156. The van der Waals surface area contributed by atoms with Crippen molar-refractivity contribution in [2.75, 3.05) is 7.11 Å². The van der Waals surface area contributed by atoms with Crippen LogP contribution in [0.15, 0.2) is 29.3 Å². The van der Waals surface area contributed by atoms with Gasteiger partial charge in [-0.2, -0.15) is 0 Å². The Morgan fingerprint density at radius 3 is 2.91 bits per heavy atom. The SMILES string of the molecule is COC(=O)[C@H]1[C@H](c2cccnc2)c2c([nH][nH]c2=O)C[C@]1(C)O. The topological polar surface area (TPSA) is 108 Å². The number of esters is 1. The molecule has 0 bridgehead atoms. The van der Waals surface area contributed by atoms with Crippen molar-refractivity contribution in [3.8, 4) is 0 Å². The third kappa shape index (κ3) is 2.14. The number of aliphatic hydroxyl groups is 1. The number of aromatic amines is 2. The van der Waals surface area contributed by atoms with E-state index in [0.717, 1.165) is 0 Å². The lowest BCUT2D eigenvalue weighted by atomic mass is 9.66. The summed E-state index contributed by atoms with van der Waals surface area (Å²) >= 11 is 0. The highest BCUT2D eigenvalue weighted by molar-refractivity contribution is 5.77. The fourth-order valence-electron chi connectivity index (χ4n) is 3.30. The first kappa shape index (κ1) is 14.5. The number of H-pyrrole nitrogens is 2. The predicted octanol–water partition coefficient (Wildman–Crippen LogP) is 0.326. The van der Waals surface area contributed by atoms with Gasteiger partial charge in [0.1, 0.15) is 0 Å². The van der Waals surface area contributed by atoms with E-state index in [9.17, 15) is 14.7 Å². The number of carbonyl (C=O) groups excluding carboxylic acids is 1. The van der Waals surface area contributed by atoms with E-state index in [0.29, 0.717) is 16.8 Å². The van der Waals surface area contributed by atoms with E-state index in [1.807, 2.05) is 0 Å². The number of hydrogen-bond donors (Lipinski definition) is 3. The van der Waals surface area contributed by atoms with Crippen LogP contribution >= 0.6 is 0 Å². The van der Waals surface area contributed by atoms with Crippen molar-refractivity contribution in [1.82, 2.24) is 15.2 Å². The van der Waals surface area contributed by atoms with E-state index < -0.39 is 23.4 Å². The summed E-state index contributed by atoms with van der Waals surface area (Å²) in [5.74, 6) is -2.05. The first-order valence-corrected chi connectivity index (χ1v) is 6.95. The van der Waals surface area contributed by atoms with Crippen LogP contribution in [0.25, 0.3) is 0 Å². The highest BCUT2D eigenvalue weighted by Crippen LogP contribution is 2.44. The van der Waals surface area contributed by atoms with Crippen molar-refractivity contribution in [2.45, 2.75) is 24.9 Å². The highest BCUT2D eigenvalue weighted by atomic mass is 16.5. The van der Waals surface area contributed by atoms with Gasteiger partial charge in [-0.05, 0) is 18.6 Å². The monoisotopic (exact) mass is 303 g/mol. The van der Waals surface area contributed by atoms with E-state index in [2.05, 4.69) is 15.2 Å². The molecule has 0 aromatic carbocycles. The van der Waals surface area contributed by atoms with Crippen LogP contribution in [0.2, 0.25) is 0 Å². The van der Waals surface area contributed by atoms with Crippen LogP contribution < -0.4 is 5.56 Å². The maximum Gasteiger partial charge on any atom is 0.312 e. The van der Waals surface area contributed by atoms with Crippen molar-refractivity contribution in [3.05, 3.63) is 51.7 Å². The van der Waals surface area contributed by atoms with E-state index >= 15 is 0 Å². The smallest absolute Gasteiger partial charge is 0.312 e. The number of methoxy groups -OCH3 is 1. The molecule has 2 heterocycles. The first-order valence-electron chi connectivity index (χ1n) is 6.95. The van der Waals surface area contributed by atoms with Gasteiger partial charge in [0.25, 0.3) is 5.56 Å². The minimum Gasteiger partial charge on any atom is -0.469 e. The number of rotatable bonds is 2. The number of pyridine rings is 1. The van der Waals surface area contributed by atoms with Crippen LogP contribution in [0.5, 0.6) is 0 Å². The Bertz CT molecular complexity index is 748. The molecule has 1 aliphatic carbocycles. The Morgan fingerprint density at radius 1 is 1.50 bits per heavy atom. The minimum absolute atomic E-state index is 0.164. The van der Waals surface area contributed by atoms with Crippen molar-refractivity contribution in [3.63, 3.8) is 0 Å². The molecule has 0 saturated carbocycles. The molecule has 2 aromatic heterocycles. The van der Waals surface area contributed by atoms with Gasteiger partial charge in [0.15, 0.2) is 0 Å². The molecule has 0 aliphatic heterocycles. The second-order valence-electron chi connectivity index (χ2n) is 5.77. The third-order valence-corrected chi connectivity index (χ3v) is 4.24. The van der Waals surface area contributed by atoms with E-state index in [4.69, 9.17) is 4.74 Å². The zero-order chi connectivity index (χ0) is 15.9. The zero-order valence-electron chi connectivity index (χ0n) is 12.3. The summed E-state index contributed by atoms with van der Waals surface area (Å²) in [4.78, 5) is 28.5. The van der Waals surface area contributed by atoms with Gasteiger partial charge in [-0.3, -0.25) is 19.7 Å². The van der Waals surface area contributed by atoms with Crippen LogP contribution in [-0.2, 0) is 16.0 Å². The molecule has 0 spiro atoms. The van der Waals surface area contributed by atoms with Crippen molar-refractivity contribution < 1.29 is 14.6 Å². The molecule has 0 fully saturated rings. The van der Waals surface area contributed by atoms with Gasteiger partial charge in [-0.25, -0.2) is 0 Å². The molecule has 7 nitrogen and oxygen atoms in total. The Balaban J connectivity index is 2.25. The Hall–Kier alpha value is -2.41. The highest BCUT2D eigenvalue weighted by Gasteiger charge is 2.51. The molecule has 1 aliphatic rings. The van der Waals surface area contributed by atoms with Crippen LogP contribution in [0.3, 0.4) is 0 Å². The zero-order valence-corrected chi connectivity index (χ0v) is 12.3. The molecule has 0 radical (unpaired) electrons. The van der Waals surface area contributed by atoms with Crippen molar-refractivity contribution >= 4 is 5.97 Å². The summed E-state index contributed by atoms with van der Waals surface area (Å²) in [6.07, 6.45) is 3.37. The Kier molecular flexibility index (Phi) is 3.37. The van der Waals surface area contributed by atoms with Crippen LogP contribution in [0.1, 0.15) is 29.7 Å². The van der Waals surface area contributed by atoms with Gasteiger partial charge < -0.3 is 14.9 Å². The largest absolute Gasteiger partial charge is 0.469 e. The van der Waals surface area contributed by atoms with E-state index in [1.54, 1.807) is 31.5 Å². The molecule has 3 atom stereocenters. The lowest BCUT2D eigenvalue weighted by Gasteiger charge is -2.40. The summed E-state index contributed by atoms with van der Waals surface area (Å²) in [7, 11) is 1.27. The molecule has 3 rings (SSSR count). The van der Waals surface area contributed by atoms with Crippen LogP contribution in [-0.4, -0.2) is 39.0 Å². The fraction of sp³-hybridized carbons (Fsp3) is 0.400. The molecule has 7 heteroatoms. The van der Waals surface area contributed by atoms with Gasteiger partial charge in [0.2, 0.25) is 0 Å². The number of hydrogen-bond acceptors (Lipinski definition) is 5. The van der Waals surface area contributed by atoms with Gasteiger partial charge in [0, 0.05) is 36.0 Å². The maximum absolute atomic E-state index is 12.3. The van der Waals surface area contributed by atoms with Crippen LogP contribution in [0.4, 0.5) is 0 Å². The number of nitrogens with one attached hydrogen (secondary N) is 2. The molecule has 0 unspecified atom stereocenters. The average Bonchev–Trinajstić information content (AvgIpc) is 2.85.